The van der Waals surface area contributed by atoms with Crippen LogP contribution in [0.5, 0.6) is 0 Å². The van der Waals surface area contributed by atoms with Crippen molar-refractivity contribution in [1.29, 1.82) is 0 Å². The van der Waals surface area contributed by atoms with Crippen LogP contribution in [0.15, 0.2) is 24.3 Å². The third kappa shape index (κ3) is 11.5. The van der Waals surface area contributed by atoms with Crippen LogP contribution in [0, 0.1) is 11.8 Å². The number of ether oxygens (including phenoxy) is 2. The molecule has 2 amide bonds. The Morgan fingerprint density at radius 2 is 1.89 bits per heavy atom. The van der Waals surface area contributed by atoms with Gasteiger partial charge in [-0.25, -0.2) is 4.79 Å². The fourth-order valence-electron chi connectivity index (χ4n) is 5.37. The summed E-state index contributed by atoms with van der Waals surface area (Å²) < 4.78 is 10.8. The number of carbonyl (C=O) groups is 2. The fourth-order valence-corrected chi connectivity index (χ4v) is 5.56. The molecule has 0 aromatic heterocycles. The van der Waals surface area contributed by atoms with E-state index in [4.69, 9.17) is 16.3 Å². The zero-order valence-electron chi connectivity index (χ0n) is 22.6. The molecule has 1 N–H and O–H groups in total. The maximum Gasteiger partial charge on any atom is 0.406 e. The van der Waals surface area contributed by atoms with Crippen molar-refractivity contribution in [2.75, 3.05) is 33.4 Å². The van der Waals surface area contributed by atoms with Crippen molar-refractivity contribution in [3.05, 3.63) is 34.9 Å². The number of methoxy groups -OCH3 is 1. The number of carbonyl (C=O) groups excluding carboxylic acids is 2. The van der Waals surface area contributed by atoms with Gasteiger partial charge in [-0.05, 0) is 48.8 Å². The lowest BCUT2D eigenvalue weighted by Gasteiger charge is -2.29. The molecule has 1 aliphatic rings. The molecular weight excluding hydrogens is 476 g/mol. The largest absolute Gasteiger partial charge is 0.453 e. The highest BCUT2D eigenvalue weighted by atomic mass is 35.5. The van der Waals surface area contributed by atoms with Gasteiger partial charge in [-0.1, -0.05) is 82.5 Å². The molecule has 1 aromatic rings. The van der Waals surface area contributed by atoms with Gasteiger partial charge >= 0.3 is 6.09 Å². The van der Waals surface area contributed by atoms with Crippen molar-refractivity contribution in [3.63, 3.8) is 0 Å². The van der Waals surface area contributed by atoms with Crippen LogP contribution in [0.3, 0.4) is 0 Å². The molecule has 0 spiro atoms. The first-order valence-electron chi connectivity index (χ1n) is 13.9. The van der Waals surface area contributed by atoms with Crippen LogP contribution in [-0.4, -0.2) is 50.3 Å². The third-order valence-electron chi connectivity index (χ3n) is 7.16. The molecule has 2 rings (SSSR count). The average Bonchev–Trinajstić information content (AvgIpc) is 2.88. The molecule has 7 heteroatoms. The van der Waals surface area contributed by atoms with Gasteiger partial charge in [0.2, 0.25) is 5.91 Å². The number of hydrogen-bond donors (Lipinski definition) is 1. The number of nitrogens with zero attached hydrogens (tertiary/aromatic N) is 1. The van der Waals surface area contributed by atoms with Crippen molar-refractivity contribution in [2.24, 2.45) is 11.8 Å². The Labute approximate surface area is 223 Å². The first kappa shape index (κ1) is 30.4. The summed E-state index contributed by atoms with van der Waals surface area (Å²) in [4.78, 5) is 26.8. The Morgan fingerprint density at radius 3 is 2.56 bits per heavy atom. The smallest absolute Gasteiger partial charge is 0.406 e. The molecule has 36 heavy (non-hydrogen) atoms. The van der Waals surface area contributed by atoms with E-state index in [2.05, 4.69) is 23.9 Å². The molecule has 0 heterocycles. The molecule has 6 nitrogen and oxygen atoms in total. The highest BCUT2D eigenvalue weighted by molar-refractivity contribution is 6.30. The fraction of sp³-hybridized carbons (Fsp3) is 0.724. The topological polar surface area (TPSA) is 67.9 Å². The lowest BCUT2D eigenvalue weighted by Crippen LogP contribution is -2.35. The van der Waals surface area contributed by atoms with E-state index in [9.17, 15) is 9.59 Å². The molecule has 0 saturated heterocycles. The van der Waals surface area contributed by atoms with E-state index < -0.39 is 6.09 Å². The van der Waals surface area contributed by atoms with Crippen LogP contribution < -0.4 is 5.32 Å². The van der Waals surface area contributed by atoms with Crippen molar-refractivity contribution in [1.82, 2.24) is 10.2 Å². The van der Waals surface area contributed by atoms with Crippen LogP contribution in [0.25, 0.3) is 0 Å². The zero-order chi connectivity index (χ0) is 26.2. The predicted molar refractivity (Wildman–Crippen MR) is 146 cm³/mol. The number of hydrogen-bond acceptors (Lipinski definition) is 4. The van der Waals surface area contributed by atoms with E-state index in [1.165, 1.54) is 45.6 Å². The first-order chi connectivity index (χ1) is 17.5. The molecule has 1 aromatic carbocycles. The summed E-state index contributed by atoms with van der Waals surface area (Å²) in [6.07, 6.45) is 11.7. The molecule has 1 saturated carbocycles. The third-order valence-corrected chi connectivity index (χ3v) is 7.39. The molecular formula is C29H47ClN2O4. The molecule has 0 bridgehead atoms. The normalized spacial score (nSPS) is 15.8. The van der Waals surface area contributed by atoms with Gasteiger partial charge in [-0.15, -0.1) is 0 Å². The Morgan fingerprint density at radius 1 is 1.11 bits per heavy atom. The van der Waals surface area contributed by atoms with Crippen molar-refractivity contribution in [2.45, 2.75) is 90.6 Å². The number of rotatable bonds is 16. The summed E-state index contributed by atoms with van der Waals surface area (Å²) >= 11 is 6.25. The summed E-state index contributed by atoms with van der Waals surface area (Å²) in [7, 11) is 1.34. The van der Waals surface area contributed by atoms with Gasteiger partial charge in [0, 0.05) is 31.1 Å². The Bertz CT molecular complexity index is 769. The molecule has 2 atom stereocenters. The Kier molecular flexibility index (Phi) is 14.9. The molecule has 0 aliphatic heterocycles. The van der Waals surface area contributed by atoms with Crippen LogP contribution in [-0.2, 0) is 14.3 Å². The van der Waals surface area contributed by atoms with E-state index in [1.54, 1.807) is 0 Å². The van der Waals surface area contributed by atoms with Gasteiger partial charge in [-0.2, -0.15) is 0 Å². The van der Waals surface area contributed by atoms with Gasteiger partial charge in [0.1, 0.15) is 0 Å². The number of benzene rings is 1. The second kappa shape index (κ2) is 17.6. The summed E-state index contributed by atoms with van der Waals surface area (Å²) in [5.41, 5.74) is 0.977. The van der Waals surface area contributed by atoms with E-state index in [-0.39, 0.29) is 12.0 Å². The number of nitrogens with one attached hydrogen (secondary N) is 1. The minimum Gasteiger partial charge on any atom is -0.453 e. The van der Waals surface area contributed by atoms with E-state index in [1.807, 2.05) is 29.2 Å². The molecule has 204 valence electrons. The zero-order valence-corrected chi connectivity index (χ0v) is 23.4. The van der Waals surface area contributed by atoms with E-state index in [0.717, 1.165) is 37.3 Å². The van der Waals surface area contributed by atoms with Crippen LogP contribution in [0.2, 0.25) is 5.02 Å². The molecule has 1 fully saturated rings. The second-order valence-corrected chi connectivity index (χ2v) is 10.5. The summed E-state index contributed by atoms with van der Waals surface area (Å²) in [6, 6.07) is 7.66. The van der Waals surface area contributed by atoms with E-state index in [0.29, 0.717) is 43.5 Å². The van der Waals surface area contributed by atoms with Gasteiger partial charge in [-0.3, -0.25) is 4.79 Å². The van der Waals surface area contributed by atoms with Gasteiger partial charge in [0.25, 0.3) is 0 Å². The number of amides is 2. The van der Waals surface area contributed by atoms with Crippen molar-refractivity contribution < 1.29 is 19.1 Å². The lowest BCUT2D eigenvalue weighted by atomic mass is 9.80. The van der Waals surface area contributed by atoms with Gasteiger partial charge in [0.05, 0.1) is 19.8 Å². The molecule has 0 unspecified atom stereocenters. The number of alkyl carbamates (subject to hydrolysis) is 1. The van der Waals surface area contributed by atoms with Crippen LogP contribution in [0.4, 0.5) is 4.79 Å². The van der Waals surface area contributed by atoms with Crippen molar-refractivity contribution >= 4 is 23.6 Å². The standard InChI is InChI=1S/C29H47ClN2O4/c1-4-10-24(20-23-11-7-6-8-12-23)21-28(33)32(17-5-2)18-15-27(25-13-9-14-26(30)22-25)36-19-16-31-29(34)35-3/h9,13-14,22-24,27H,4-8,10-12,15-21H2,1-3H3,(H,31,34)/t24-,27-/m1/s1. The highest BCUT2D eigenvalue weighted by Crippen LogP contribution is 2.32. The average molecular weight is 523 g/mol. The maximum atomic E-state index is 13.4. The Hall–Kier alpha value is -1.79. The molecule has 0 radical (unpaired) electrons. The van der Waals surface area contributed by atoms with Gasteiger partial charge < -0.3 is 19.7 Å². The highest BCUT2D eigenvalue weighted by Gasteiger charge is 2.24. The first-order valence-corrected chi connectivity index (χ1v) is 14.3. The van der Waals surface area contributed by atoms with Crippen LogP contribution >= 0.6 is 11.6 Å². The van der Waals surface area contributed by atoms with E-state index >= 15 is 0 Å². The van der Waals surface area contributed by atoms with Crippen molar-refractivity contribution in [3.8, 4) is 0 Å². The quantitative estimate of drug-likeness (QED) is 0.234. The predicted octanol–water partition coefficient (Wildman–Crippen LogP) is 7.16. The summed E-state index contributed by atoms with van der Waals surface area (Å²) in [6.45, 7) is 6.43. The summed E-state index contributed by atoms with van der Waals surface area (Å²) in [5, 5.41) is 3.30. The lowest BCUT2D eigenvalue weighted by molar-refractivity contribution is -0.133. The van der Waals surface area contributed by atoms with Crippen LogP contribution in [0.1, 0.15) is 96.1 Å². The number of halogens is 1. The summed E-state index contributed by atoms with van der Waals surface area (Å²) in [5.74, 6) is 1.54. The molecule has 1 aliphatic carbocycles. The SMILES string of the molecule is CCC[C@@H](CC(=O)N(CCC)CC[C@@H](OCCNC(=O)OC)c1cccc(Cl)c1)CC1CCCCC1. The Balaban J connectivity index is 1.99. The minimum atomic E-state index is -0.479. The monoisotopic (exact) mass is 522 g/mol. The maximum absolute atomic E-state index is 13.4. The minimum absolute atomic E-state index is 0.219. The van der Waals surface area contributed by atoms with Gasteiger partial charge in [0.15, 0.2) is 0 Å². The second-order valence-electron chi connectivity index (χ2n) is 10.1.